The Bertz CT molecular complexity index is 972. The number of Topliss-reactive ketones (excluding diaryl/α,β-unsaturated/α-hetero) is 1. The molecular weight excluding hydrogens is 336 g/mol. The molecule has 0 fully saturated rings. The Balaban J connectivity index is 1.78. The average Bonchev–Trinajstić information content (AvgIpc) is 2.72. The lowest BCUT2D eigenvalue weighted by Gasteiger charge is -2.28. The van der Waals surface area contributed by atoms with Crippen molar-refractivity contribution in [2.24, 2.45) is 0 Å². The Morgan fingerprint density at radius 3 is 2.37 bits per heavy atom. The predicted molar refractivity (Wildman–Crippen MR) is 106 cm³/mol. The monoisotopic (exact) mass is 356 g/mol. The maximum absolute atomic E-state index is 13.2. The number of para-hydroxylation sites is 1. The first kappa shape index (κ1) is 17.1. The normalized spacial score (nSPS) is 17.3. The maximum atomic E-state index is 13.2. The van der Waals surface area contributed by atoms with E-state index in [0.717, 1.165) is 16.9 Å². The molecule has 0 amide bonds. The predicted octanol–water partition coefficient (Wildman–Crippen LogP) is 5.49. The number of carbonyl (C=O) groups is 1. The molecule has 27 heavy (non-hydrogen) atoms. The summed E-state index contributed by atoms with van der Waals surface area (Å²) in [6, 6.07) is 25.0. The minimum absolute atomic E-state index is 0.000382. The molecule has 0 aliphatic carbocycles. The molecule has 3 nitrogen and oxygen atoms in total. The summed E-state index contributed by atoms with van der Waals surface area (Å²) in [7, 11) is 0. The largest absolute Gasteiger partial charge is 0.494 e. The van der Waals surface area contributed by atoms with E-state index in [1.807, 2.05) is 91.9 Å². The van der Waals surface area contributed by atoms with E-state index in [1.165, 1.54) is 0 Å². The Kier molecular flexibility index (Phi) is 4.75. The van der Waals surface area contributed by atoms with Gasteiger partial charge >= 0.3 is 0 Å². The highest BCUT2D eigenvalue weighted by Gasteiger charge is 2.32. The maximum Gasteiger partial charge on any atom is 0.196 e. The van der Waals surface area contributed by atoms with E-state index >= 15 is 0 Å². The number of hydrogen-bond donors (Lipinski definition) is 0. The number of fused-ring (bicyclic) bond motifs is 1. The van der Waals surface area contributed by atoms with Crippen LogP contribution in [0.4, 0.5) is 0 Å². The van der Waals surface area contributed by atoms with Gasteiger partial charge in [0.05, 0.1) is 12.2 Å². The van der Waals surface area contributed by atoms with E-state index in [4.69, 9.17) is 9.47 Å². The zero-order valence-electron chi connectivity index (χ0n) is 15.1. The molecule has 0 spiro atoms. The molecule has 0 saturated carbocycles. The summed E-state index contributed by atoms with van der Waals surface area (Å²) in [4.78, 5) is 13.2. The van der Waals surface area contributed by atoms with E-state index in [1.54, 1.807) is 0 Å². The molecule has 0 radical (unpaired) electrons. The fourth-order valence-electron chi connectivity index (χ4n) is 3.25. The third-order valence-electron chi connectivity index (χ3n) is 4.54. The molecule has 0 N–H and O–H groups in total. The van der Waals surface area contributed by atoms with Gasteiger partial charge in [-0.15, -0.1) is 0 Å². The molecule has 0 aromatic heterocycles. The van der Waals surface area contributed by atoms with Crippen molar-refractivity contribution in [1.29, 1.82) is 0 Å². The van der Waals surface area contributed by atoms with Crippen molar-refractivity contribution >= 4 is 11.9 Å². The van der Waals surface area contributed by atoms with E-state index in [-0.39, 0.29) is 5.78 Å². The van der Waals surface area contributed by atoms with Crippen LogP contribution in [0.2, 0.25) is 0 Å². The highest BCUT2D eigenvalue weighted by molar-refractivity contribution is 6.14. The van der Waals surface area contributed by atoms with Crippen LogP contribution < -0.4 is 9.47 Å². The molecule has 0 unspecified atom stereocenters. The highest BCUT2D eigenvalue weighted by atomic mass is 16.5. The van der Waals surface area contributed by atoms with Crippen LogP contribution in [-0.2, 0) is 0 Å². The van der Waals surface area contributed by atoms with Gasteiger partial charge in [0, 0.05) is 5.57 Å². The van der Waals surface area contributed by atoms with Gasteiger partial charge in [0.25, 0.3) is 0 Å². The number of benzene rings is 3. The molecule has 0 saturated heterocycles. The lowest BCUT2D eigenvalue weighted by atomic mass is 9.89. The lowest BCUT2D eigenvalue weighted by molar-refractivity contribution is 0.0963. The van der Waals surface area contributed by atoms with Crippen molar-refractivity contribution < 1.29 is 14.3 Å². The molecule has 1 aliphatic rings. The van der Waals surface area contributed by atoms with Gasteiger partial charge in [-0.2, -0.15) is 0 Å². The van der Waals surface area contributed by atoms with Gasteiger partial charge in [0.15, 0.2) is 11.9 Å². The van der Waals surface area contributed by atoms with Crippen molar-refractivity contribution in [2.45, 2.75) is 13.0 Å². The number of hydrogen-bond acceptors (Lipinski definition) is 3. The van der Waals surface area contributed by atoms with Crippen LogP contribution >= 0.6 is 0 Å². The quantitative estimate of drug-likeness (QED) is 0.580. The molecule has 0 bridgehead atoms. The van der Waals surface area contributed by atoms with Crippen LogP contribution in [0.1, 0.15) is 34.5 Å². The number of carbonyl (C=O) groups excluding carboxylic acids is 1. The first-order valence-electron chi connectivity index (χ1n) is 9.06. The fourth-order valence-corrected chi connectivity index (χ4v) is 3.25. The molecule has 1 aliphatic heterocycles. The zero-order chi connectivity index (χ0) is 18.6. The molecule has 3 heteroatoms. The Labute approximate surface area is 158 Å². The highest BCUT2D eigenvalue weighted by Crippen LogP contribution is 2.39. The number of ketones is 1. The van der Waals surface area contributed by atoms with E-state index < -0.39 is 6.10 Å². The minimum atomic E-state index is -0.430. The summed E-state index contributed by atoms with van der Waals surface area (Å²) in [6.07, 6.45) is 1.48. The van der Waals surface area contributed by atoms with Crippen LogP contribution in [0.15, 0.2) is 84.4 Å². The fraction of sp³-hybridized carbons (Fsp3) is 0.125. The molecule has 1 atom stereocenters. The topological polar surface area (TPSA) is 35.5 Å². The Morgan fingerprint density at radius 1 is 0.926 bits per heavy atom. The summed E-state index contributed by atoms with van der Waals surface area (Å²) in [5.74, 6) is 1.44. The Hall–Kier alpha value is -3.33. The molecule has 134 valence electrons. The first-order valence-corrected chi connectivity index (χ1v) is 9.06. The van der Waals surface area contributed by atoms with Crippen LogP contribution in [0.5, 0.6) is 11.5 Å². The van der Waals surface area contributed by atoms with Crippen LogP contribution in [-0.4, -0.2) is 12.4 Å². The van der Waals surface area contributed by atoms with Gasteiger partial charge in [0.2, 0.25) is 0 Å². The van der Waals surface area contributed by atoms with Gasteiger partial charge in [-0.1, -0.05) is 54.6 Å². The smallest absolute Gasteiger partial charge is 0.196 e. The standard InChI is InChI=1S/C24H20O3/c1-2-26-19-14-12-17(13-15-19)16-21-23(25)20-10-6-7-11-22(20)27-24(21)18-8-4-3-5-9-18/h3-16,24H,2H2,1H3/b21-16+/t24-/m1/s1. The first-order chi connectivity index (χ1) is 13.3. The molecule has 3 aromatic carbocycles. The molecule has 1 heterocycles. The van der Waals surface area contributed by atoms with Crippen molar-refractivity contribution in [3.63, 3.8) is 0 Å². The van der Waals surface area contributed by atoms with Gasteiger partial charge in [-0.05, 0) is 48.4 Å². The van der Waals surface area contributed by atoms with Gasteiger partial charge in [-0.25, -0.2) is 0 Å². The number of ether oxygens (including phenoxy) is 2. The van der Waals surface area contributed by atoms with Gasteiger partial charge < -0.3 is 9.47 Å². The second-order valence-electron chi connectivity index (χ2n) is 6.34. The third-order valence-corrected chi connectivity index (χ3v) is 4.54. The van der Waals surface area contributed by atoms with Crippen LogP contribution in [0, 0.1) is 0 Å². The molecular formula is C24H20O3. The second kappa shape index (κ2) is 7.50. The summed E-state index contributed by atoms with van der Waals surface area (Å²) < 4.78 is 11.7. The zero-order valence-corrected chi connectivity index (χ0v) is 15.1. The summed E-state index contributed by atoms with van der Waals surface area (Å²) >= 11 is 0. The van der Waals surface area contributed by atoms with Crippen LogP contribution in [0.3, 0.4) is 0 Å². The van der Waals surface area contributed by atoms with Crippen molar-refractivity contribution in [1.82, 2.24) is 0 Å². The van der Waals surface area contributed by atoms with Crippen molar-refractivity contribution in [3.8, 4) is 11.5 Å². The summed E-state index contributed by atoms with van der Waals surface area (Å²) in [6.45, 7) is 2.58. The minimum Gasteiger partial charge on any atom is -0.494 e. The van der Waals surface area contributed by atoms with Crippen molar-refractivity contribution in [3.05, 3.63) is 101 Å². The Morgan fingerprint density at radius 2 is 1.63 bits per heavy atom. The number of rotatable bonds is 4. The van der Waals surface area contributed by atoms with Gasteiger partial charge in [-0.3, -0.25) is 4.79 Å². The van der Waals surface area contributed by atoms with Crippen LogP contribution in [0.25, 0.3) is 6.08 Å². The lowest BCUT2D eigenvalue weighted by Crippen LogP contribution is -2.23. The van der Waals surface area contributed by atoms with Gasteiger partial charge in [0.1, 0.15) is 11.5 Å². The van der Waals surface area contributed by atoms with Crippen molar-refractivity contribution in [2.75, 3.05) is 6.61 Å². The summed E-state index contributed by atoms with van der Waals surface area (Å²) in [5.41, 5.74) is 3.12. The second-order valence-corrected chi connectivity index (χ2v) is 6.34. The SMILES string of the molecule is CCOc1ccc(/C=C2\C(=O)c3ccccc3O[C@@H]2c2ccccc2)cc1. The summed E-state index contributed by atoms with van der Waals surface area (Å²) in [5, 5.41) is 0. The van der Waals surface area contributed by atoms with E-state index in [0.29, 0.717) is 23.5 Å². The van der Waals surface area contributed by atoms with E-state index in [9.17, 15) is 4.79 Å². The average molecular weight is 356 g/mol. The van der Waals surface area contributed by atoms with E-state index in [2.05, 4.69) is 0 Å². The molecule has 3 aromatic rings. The third kappa shape index (κ3) is 3.49. The molecule has 4 rings (SSSR count).